The maximum absolute atomic E-state index is 13.3. The van der Waals surface area contributed by atoms with Gasteiger partial charge < -0.3 is 4.90 Å². The molecule has 148 valence electrons. The Balaban J connectivity index is 2.17. The number of thiophene rings is 1. The maximum Gasteiger partial charge on any atom is 0.263 e. The predicted octanol–water partition coefficient (Wildman–Crippen LogP) is 4.16. The zero-order chi connectivity index (χ0) is 20.6. The van der Waals surface area contributed by atoms with Crippen molar-refractivity contribution in [2.75, 3.05) is 14.1 Å². The van der Waals surface area contributed by atoms with E-state index in [0.29, 0.717) is 21.9 Å². The van der Waals surface area contributed by atoms with Gasteiger partial charge in [-0.25, -0.2) is 9.37 Å². The van der Waals surface area contributed by atoms with Gasteiger partial charge in [0.2, 0.25) is 5.91 Å². The third kappa shape index (κ3) is 3.71. The van der Waals surface area contributed by atoms with Gasteiger partial charge in [0.05, 0.1) is 10.6 Å². The number of benzene rings is 1. The normalized spacial score (nSPS) is 12.4. The lowest BCUT2D eigenvalue weighted by molar-refractivity contribution is -0.127. The Morgan fingerprint density at radius 1 is 1.32 bits per heavy atom. The van der Waals surface area contributed by atoms with Crippen LogP contribution in [0.2, 0.25) is 0 Å². The van der Waals surface area contributed by atoms with E-state index in [-0.39, 0.29) is 22.5 Å². The molecule has 3 rings (SSSR count). The second kappa shape index (κ2) is 8.05. The van der Waals surface area contributed by atoms with Crippen LogP contribution >= 0.6 is 23.1 Å². The van der Waals surface area contributed by atoms with Gasteiger partial charge in [-0.3, -0.25) is 14.2 Å². The van der Waals surface area contributed by atoms with Gasteiger partial charge in [-0.1, -0.05) is 23.9 Å². The van der Waals surface area contributed by atoms with E-state index in [1.165, 1.54) is 40.1 Å². The van der Waals surface area contributed by atoms with Crippen LogP contribution in [0.4, 0.5) is 4.39 Å². The molecule has 0 aliphatic rings. The molecule has 2 aromatic heterocycles. The lowest BCUT2D eigenvalue weighted by Gasteiger charge is -2.17. The quantitative estimate of drug-likeness (QED) is 0.460. The van der Waals surface area contributed by atoms with Gasteiger partial charge in [-0.15, -0.1) is 11.3 Å². The van der Waals surface area contributed by atoms with Gasteiger partial charge in [0.15, 0.2) is 5.16 Å². The van der Waals surface area contributed by atoms with Crippen LogP contribution in [0.25, 0.3) is 21.3 Å². The number of carbonyl (C=O) groups is 1. The van der Waals surface area contributed by atoms with Crippen LogP contribution in [0, 0.1) is 12.7 Å². The van der Waals surface area contributed by atoms with Crippen molar-refractivity contribution < 1.29 is 9.18 Å². The molecule has 1 atom stereocenters. The van der Waals surface area contributed by atoms with Crippen LogP contribution in [-0.4, -0.2) is 39.7 Å². The Hall–Kier alpha value is -2.19. The van der Waals surface area contributed by atoms with Crippen LogP contribution in [-0.2, 0) is 11.3 Å². The number of halogens is 1. The molecule has 1 amide bonds. The Kier molecular flexibility index (Phi) is 5.90. The van der Waals surface area contributed by atoms with Crippen molar-refractivity contribution in [2.45, 2.75) is 37.7 Å². The summed E-state index contributed by atoms with van der Waals surface area (Å²) in [6.07, 6.45) is 0. The first-order valence-electron chi connectivity index (χ1n) is 8.92. The first kappa shape index (κ1) is 20.5. The third-order valence-corrected chi connectivity index (χ3v) is 6.55. The highest BCUT2D eigenvalue weighted by atomic mass is 32.2. The summed E-state index contributed by atoms with van der Waals surface area (Å²) >= 11 is 2.73. The molecule has 0 saturated heterocycles. The molecule has 8 heteroatoms. The summed E-state index contributed by atoms with van der Waals surface area (Å²) in [7, 11) is 3.42. The number of thioether (sulfide) groups is 1. The summed E-state index contributed by atoms with van der Waals surface area (Å²) in [6.45, 7) is 6.08. The monoisotopic (exact) mass is 419 g/mol. The number of aryl methyl sites for hydroxylation is 1. The molecule has 0 aliphatic heterocycles. The third-order valence-electron chi connectivity index (χ3n) is 4.47. The minimum Gasteiger partial charge on any atom is -0.348 e. The van der Waals surface area contributed by atoms with E-state index in [1.54, 1.807) is 30.8 Å². The first-order chi connectivity index (χ1) is 13.2. The lowest BCUT2D eigenvalue weighted by Crippen LogP contribution is -2.31. The second-order valence-corrected chi connectivity index (χ2v) is 9.17. The topological polar surface area (TPSA) is 55.2 Å². The summed E-state index contributed by atoms with van der Waals surface area (Å²) < 4.78 is 14.9. The van der Waals surface area contributed by atoms with Crippen LogP contribution in [0.5, 0.6) is 0 Å². The van der Waals surface area contributed by atoms with Crippen molar-refractivity contribution in [2.24, 2.45) is 0 Å². The zero-order valence-corrected chi connectivity index (χ0v) is 18.1. The van der Waals surface area contributed by atoms with Crippen LogP contribution in [0.1, 0.15) is 18.7 Å². The van der Waals surface area contributed by atoms with Crippen LogP contribution in [0.3, 0.4) is 0 Å². The summed E-state index contributed by atoms with van der Waals surface area (Å²) in [4.78, 5) is 33.4. The number of hydrogen-bond donors (Lipinski definition) is 0. The van der Waals surface area contributed by atoms with E-state index >= 15 is 0 Å². The molecule has 1 unspecified atom stereocenters. The van der Waals surface area contributed by atoms with Crippen molar-refractivity contribution in [1.82, 2.24) is 14.5 Å². The molecular formula is C20H22FN3O2S2. The number of carbonyl (C=O) groups excluding carboxylic acids is 1. The molecule has 28 heavy (non-hydrogen) atoms. The van der Waals surface area contributed by atoms with E-state index in [1.807, 2.05) is 20.8 Å². The zero-order valence-electron chi connectivity index (χ0n) is 16.4. The minimum atomic E-state index is -0.352. The van der Waals surface area contributed by atoms with Crippen molar-refractivity contribution >= 4 is 39.2 Å². The number of fused-ring (bicyclic) bond motifs is 1. The molecule has 0 radical (unpaired) electrons. The lowest BCUT2D eigenvalue weighted by atomic mass is 10.0. The largest absolute Gasteiger partial charge is 0.348 e. The summed E-state index contributed by atoms with van der Waals surface area (Å²) in [6, 6.07) is 6.14. The fraction of sp³-hybridized carbons (Fsp3) is 0.350. The Bertz CT molecular complexity index is 1090. The van der Waals surface area contributed by atoms with Crippen molar-refractivity contribution in [3.05, 3.63) is 45.3 Å². The maximum atomic E-state index is 13.3. The van der Waals surface area contributed by atoms with Crippen molar-refractivity contribution in [3.63, 3.8) is 0 Å². The SMILES string of the molecule is CCn1c(SC(C)C(=O)N(C)C)nc2sc(C)c(-c3ccc(F)cc3)c2c1=O. The molecule has 0 aliphatic carbocycles. The molecule has 0 fully saturated rings. The van der Waals surface area contributed by atoms with Crippen LogP contribution < -0.4 is 5.56 Å². The van der Waals surface area contributed by atoms with Crippen molar-refractivity contribution in [3.8, 4) is 11.1 Å². The Labute approximate surface area is 171 Å². The van der Waals surface area contributed by atoms with Gasteiger partial charge >= 0.3 is 0 Å². The Morgan fingerprint density at radius 3 is 2.54 bits per heavy atom. The first-order valence-corrected chi connectivity index (χ1v) is 10.6. The highest BCUT2D eigenvalue weighted by Gasteiger charge is 2.23. The molecule has 2 heterocycles. The van der Waals surface area contributed by atoms with Gasteiger partial charge in [0.25, 0.3) is 5.56 Å². The molecular weight excluding hydrogens is 397 g/mol. The molecule has 3 aromatic rings. The summed E-state index contributed by atoms with van der Waals surface area (Å²) in [5, 5.41) is 0.733. The number of amides is 1. The predicted molar refractivity (Wildman–Crippen MR) is 114 cm³/mol. The highest BCUT2D eigenvalue weighted by Crippen LogP contribution is 2.37. The molecule has 0 N–H and O–H groups in total. The summed E-state index contributed by atoms with van der Waals surface area (Å²) in [5.74, 6) is -0.348. The number of nitrogens with zero attached hydrogens (tertiary/aromatic N) is 3. The second-order valence-electron chi connectivity index (χ2n) is 6.66. The minimum absolute atomic E-state index is 0.0311. The molecule has 1 aromatic carbocycles. The average Bonchev–Trinajstić information content (AvgIpc) is 2.98. The average molecular weight is 420 g/mol. The van der Waals surface area contributed by atoms with E-state index in [9.17, 15) is 14.0 Å². The van der Waals surface area contributed by atoms with Crippen LogP contribution in [0.15, 0.2) is 34.2 Å². The molecule has 5 nitrogen and oxygen atoms in total. The molecule has 0 spiro atoms. The number of aromatic nitrogens is 2. The standard InChI is InChI=1S/C20H22FN3O2S2/c1-6-24-19(26)16-15(13-7-9-14(21)10-8-13)11(2)27-17(16)22-20(24)28-12(3)18(25)23(4)5/h7-10,12H,6H2,1-5H3. The highest BCUT2D eigenvalue weighted by molar-refractivity contribution is 8.00. The summed E-state index contributed by atoms with van der Waals surface area (Å²) in [5.41, 5.74) is 1.46. The number of rotatable bonds is 5. The van der Waals surface area contributed by atoms with Gasteiger partial charge in [0, 0.05) is 31.1 Å². The Morgan fingerprint density at radius 2 is 1.96 bits per heavy atom. The number of hydrogen-bond acceptors (Lipinski definition) is 5. The van der Waals surface area contributed by atoms with E-state index < -0.39 is 0 Å². The van der Waals surface area contributed by atoms with Gasteiger partial charge in [0.1, 0.15) is 10.6 Å². The van der Waals surface area contributed by atoms with Gasteiger partial charge in [-0.2, -0.15) is 0 Å². The van der Waals surface area contributed by atoms with Crippen molar-refractivity contribution in [1.29, 1.82) is 0 Å². The molecule has 0 saturated carbocycles. The fourth-order valence-corrected chi connectivity index (χ4v) is 5.29. The van der Waals surface area contributed by atoms with E-state index in [2.05, 4.69) is 0 Å². The molecule has 0 bridgehead atoms. The van der Waals surface area contributed by atoms with Gasteiger partial charge in [-0.05, 0) is 38.5 Å². The fourth-order valence-electron chi connectivity index (χ4n) is 3.08. The van der Waals surface area contributed by atoms with E-state index in [4.69, 9.17) is 4.98 Å². The van der Waals surface area contributed by atoms with E-state index in [0.717, 1.165) is 16.0 Å². The smallest absolute Gasteiger partial charge is 0.263 e.